The van der Waals surface area contributed by atoms with E-state index in [2.05, 4.69) is 5.32 Å². The van der Waals surface area contributed by atoms with E-state index in [1.165, 1.54) is 12.1 Å². The molecule has 0 amide bonds. The van der Waals surface area contributed by atoms with Crippen molar-refractivity contribution in [3.8, 4) is 5.75 Å². The third-order valence-corrected chi connectivity index (χ3v) is 3.72. The Kier molecular flexibility index (Phi) is 3.57. The van der Waals surface area contributed by atoms with E-state index in [1.807, 2.05) is 0 Å². The Morgan fingerprint density at radius 1 is 1.28 bits per heavy atom. The number of nitrogens with one attached hydrogen (secondary N) is 1. The largest absolute Gasteiger partial charge is 0.508 e. The molecule has 2 rings (SSSR count). The lowest BCUT2D eigenvalue weighted by Gasteiger charge is -2.30. The summed E-state index contributed by atoms with van der Waals surface area (Å²) in [7, 11) is 0. The molecule has 98 valence electrons. The second kappa shape index (κ2) is 4.98. The summed E-state index contributed by atoms with van der Waals surface area (Å²) in [5, 5.41) is 22.0. The molecule has 4 nitrogen and oxygen atoms in total. The Morgan fingerprint density at radius 3 is 2.33 bits per heavy atom. The normalized spacial score (nSPS) is 19.6. The summed E-state index contributed by atoms with van der Waals surface area (Å²) in [4.78, 5) is 11.6. The molecule has 1 saturated carbocycles. The maximum atomic E-state index is 11.6. The van der Waals surface area contributed by atoms with Crippen LogP contribution in [0.25, 0.3) is 0 Å². The number of hydrogen-bond donors (Lipinski definition) is 3. The van der Waals surface area contributed by atoms with Crippen LogP contribution < -0.4 is 5.32 Å². The molecule has 1 aliphatic carbocycles. The molecule has 0 aromatic heterocycles. The third-order valence-electron chi connectivity index (χ3n) is 3.72. The Bertz CT molecular complexity index is 423. The van der Waals surface area contributed by atoms with Gasteiger partial charge < -0.3 is 10.2 Å². The number of carbonyl (C=O) groups is 1. The van der Waals surface area contributed by atoms with Gasteiger partial charge in [-0.15, -0.1) is 0 Å². The Hall–Kier alpha value is -1.55. The van der Waals surface area contributed by atoms with Crippen LogP contribution in [-0.2, 0) is 10.3 Å². The fraction of sp³-hybridized carbons (Fsp3) is 0.500. The second-order valence-electron chi connectivity index (χ2n) is 5.10. The van der Waals surface area contributed by atoms with Crippen molar-refractivity contribution in [3.05, 3.63) is 29.8 Å². The lowest BCUT2D eigenvalue weighted by atomic mass is 9.90. The maximum absolute atomic E-state index is 11.6. The fourth-order valence-corrected chi connectivity index (χ4v) is 2.54. The minimum absolute atomic E-state index is 0.146. The SMILES string of the molecule is CC(NC1CCCC1)(C(=O)O)c1ccc(O)cc1. The molecule has 1 unspecified atom stereocenters. The first-order valence-electron chi connectivity index (χ1n) is 6.33. The van der Waals surface area contributed by atoms with Gasteiger partial charge in [0, 0.05) is 6.04 Å². The molecule has 0 aliphatic heterocycles. The van der Waals surface area contributed by atoms with E-state index < -0.39 is 11.5 Å². The summed E-state index contributed by atoms with van der Waals surface area (Å²) in [5.74, 6) is -0.743. The summed E-state index contributed by atoms with van der Waals surface area (Å²) in [5.41, 5.74) is -0.428. The smallest absolute Gasteiger partial charge is 0.328 e. The highest BCUT2D eigenvalue weighted by Crippen LogP contribution is 2.27. The van der Waals surface area contributed by atoms with Gasteiger partial charge in [-0.05, 0) is 37.5 Å². The summed E-state index contributed by atoms with van der Waals surface area (Å²) >= 11 is 0. The fourth-order valence-electron chi connectivity index (χ4n) is 2.54. The van der Waals surface area contributed by atoms with Crippen molar-refractivity contribution in [2.75, 3.05) is 0 Å². The highest BCUT2D eigenvalue weighted by atomic mass is 16.4. The van der Waals surface area contributed by atoms with Gasteiger partial charge in [-0.25, -0.2) is 4.79 Å². The minimum atomic E-state index is -1.09. The van der Waals surface area contributed by atoms with Crippen molar-refractivity contribution in [1.29, 1.82) is 0 Å². The zero-order chi connectivity index (χ0) is 13.2. The average molecular weight is 249 g/mol. The first-order chi connectivity index (χ1) is 8.52. The van der Waals surface area contributed by atoms with Gasteiger partial charge in [-0.2, -0.15) is 0 Å². The molecule has 1 atom stereocenters. The van der Waals surface area contributed by atoms with Gasteiger partial charge in [0.25, 0.3) is 0 Å². The van der Waals surface area contributed by atoms with Crippen LogP contribution in [0, 0.1) is 0 Å². The molecule has 0 radical (unpaired) electrons. The van der Waals surface area contributed by atoms with E-state index in [1.54, 1.807) is 19.1 Å². The van der Waals surface area contributed by atoms with E-state index in [0.29, 0.717) is 5.56 Å². The molecule has 1 aliphatic rings. The van der Waals surface area contributed by atoms with Gasteiger partial charge in [0.2, 0.25) is 0 Å². The van der Waals surface area contributed by atoms with Crippen LogP contribution in [0.15, 0.2) is 24.3 Å². The van der Waals surface area contributed by atoms with Gasteiger partial charge in [0.1, 0.15) is 11.3 Å². The Labute approximate surface area is 107 Å². The molecular formula is C14H19NO3. The summed E-state index contributed by atoms with van der Waals surface area (Å²) in [6.07, 6.45) is 4.37. The van der Waals surface area contributed by atoms with Crippen molar-refractivity contribution in [2.45, 2.75) is 44.2 Å². The van der Waals surface area contributed by atoms with Crippen LogP contribution >= 0.6 is 0 Å². The number of phenolic OH excluding ortho intramolecular Hbond substituents is 1. The van der Waals surface area contributed by atoms with Gasteiger partial charge in [0.05, 0.1) is 0 Å². The van der Waals surface area contributed by atoms with Crippen LogP contribution in [0.3, 0.4) is 0 Å². The topological polar surface area (TPSA) is 69.6 Å². The summed E-state index contributed by atoms with van der Waals surface area (Å²) in [6.45, 7) is 1.68. The first-order valence-corrected chi connectivity index (χ1v) is 6.33. The number of hydrogen-bond acceptors (Lipinski definition) is 3. The summed E-state index contributed by atoms with van der Waals surface area (Å²) < 4.78 is 0. The monoisotopic (exact) mass is 249 g/mol. The number of phenols is 1. The number of carboxylic acid groups (broad SMARTS) is 1. The van der Waals surface area contributed by atoms with Crippen molar-refractivity contribution in [3.63, 3.8) is 0 Å². The quantitative estimate of drug-likeness (QED) is 0.765. The molecule has 0 heterocycles. The van der Waals surface area contributed by atoms with E-state index >= 15 is 0 Å². The molecule has 18 heavy (non-hydrogen) atoms. The van der Waals surface area contributed by atoms with Gasteiger partial charge in [-0.1, -0.05) is 25.0 Å². The molecular weight excluding hydrogens is 230 g/mol. The van der Waals surface area contributed by atoms with E-state index in [-0.39, 0.29) is 11.8 Å². The van der Waals surface area contributed by atoms with Crippen LogP contribution in [0.4, 0.5) is 0 Å². The molecule has 1 aromatic carbocycles. The minimum Gasteiger partial charge on any atom is -0.508 e. The summed E-state index contributed by atoms with van der Waals surface area (Å²) in [6, 6.07) is 6.62. The van der Waals surface area contributed by atoms with Crippen LogP contribution in [0.5, 0.6) is 5.75 Å². The first kappa shape index (κ1) is 12.9. The maximum Gasteiger partial charge on any atom is 0.328 e. The zero-order valence-corrected chi connectivity index (χ0v) is 10.5. The van der Waals surface area contributed by atoms with Gasteiger partial charge in [0.15, 0.2) is 0 Å². The van der Waals surface area contributed by atoms with Crippen molar-refractivity contribution >= 4 is 5.97 Å². The number of benzene rings is 1. The number of aliphatic carboxylic acids is 1. The third kappa shape index (κ3) is 2.48. The van der Waals surface area contributed by atoms with Crippen molar-refractivity contribution in [2.24, 2.45) is 0 Å². The van der Waals surface area contributed by atoms with Crippen LogP contribution in [0.1, 0.15) is 38.2 Å². The Balaban J connectivity index is 2.25. The zero-order valence-electron chi connectivity index (χ0n) is 10.5. The van der Waals surface area contributed by atoms with Crippen molar-refractivity contribution < 1.29 is 15.0 Å². The average Bonchev–Trinajstić information content (AvgIpc) is 2.82. The van der Waals surface area contributed by atoms with E-state index in [4.69, 9.17) is 0 Å². The molecule has 3 N–H and O–H groups in total. The molecule has 0 spiro atoms. The lowest BCUT2D eigenvalue weighted by Crippen LogP contribution is -2.50. The van der Waals surface area contributed by atoms with Crippen LogP contribution in [-0.4, -0.2) is 22.2 Å². The van der Waals surface area contributed by atoms with Gasteiger partial charge >= 0.3 is 5.97 Å². The Morgan fingerprint density at radius 2 is 1.83 bits per heavy atom. The standard InChI is InChI=1S/C14H19NO3/c1-14(13(17)18,15-11-4-2-3-5-11)10-6-8-12(16)9-7-10/h6-9,11,15-16H,2-5H2,1H3,(H,17,18). The highest BCUT2D eigenvalue weighted by molar-refractivity contribution is 5.80. The number of carboxylic acids is 1. The molecule has 1 fully saturated rings. The van der Waals surface area contributed by atoms with Crippen LogP contribution in [0.2, 0.25) is 0 Å². The second-order valence-corrected chi connectivity index (χ2v) is 5.10. The van der Waals surface area contributed by atoms with Crippen molar-refractivity contribution in [1.82, 2.24) is 5.32 Å². The lowest BCUT2D eigenvalue weighted by molar-refractivity contribution is -0.145. The molecule has 1 aromatic rings. The number of aromatic hydroxyl groups is 1. The van der Waals surface area contributed by atoms with E-state index in [9.17, 15) is 15.0 Å². The van der Waals surface area contributed by atoms with Gasteiger partial charge in [-0.3, -0.25) is 5.32 Å². The predicted molar refractivity (Wildman–Crippen MR) is 68.5 cm³/mol. The molecule has 0 bridgehead atoms. The predicted octanol–water partition coefficient (Wildman–Crippen LogP) is 2.22. The molecule has 4 heteroatoms. The van der Waals surface area contributed by atoms with E-state index in [0.717, 1.165) is 25.7 Å². The highest BCUT2D eigenvalue weighted by Gasteiger charge is 2.37. The number of rotatable bonds is 4. The molecule has 0 saturated heterocycles.